The van der Waals surface area contributed by atoms with Gasteiger partial charge in [-0.3, -0.25) is 0 Å². The Hall–Kier alpha value is -1.10. The molecular weight excluding hydrogens is 214 g/mol. The molecule has 2 aromatic rings. The minimum Gasteiger partial charge on any atom is -0.396 e. The van der Waals surface area contributed by atoms with Crippen molar-refractivity contribution in [2.24, 2.45) is 5.73 Å². The molecule has 0 radical (unpaired) electrons. The van der Waals surface area contributed by atoms with Gasteiger partial charge in [0.2, 0.25) is 0 Å². The van der Waals surface area contributed by atoms with Gasteiger partial charge in [0.1, 0.15) is 5.82 Å². The third-order valence-electron chi connectivity index (χ3n) is 2.25. The molecule has 0 spiro atoms. The van der Waals surface area contributed by atoms with E-state index in [1.807, 2.05) is 6.07 Å². The number of fused-ring (bicyclic) bond motifs is 1. The second-order valence-electron chi connectivity index (χ2n) is 3.40. The van der Waals surface area contributed by atoms with Crippen molar-refractivity contribution in [1.82, 2.24) is 9.97 Å². The van der Waals surface area contributed by atoms with Gasteiger partial charge in [0.05, 0.1) is 17.1 Å². The molecule has 0 aliphatic heterocycles. The van der Waals surface area contributed by atoms with Crippen molar-refractivity contribution in [3.05, 3.63) is 29.0 Å². The van der Waals surface area contributed by atoms with E-state index in [1.54, 1.807) is 12.1 Å². The highest BCUT2D eigenvalue weighted by atomic mass is 35.5. The minimum absolute atomic E-state index is 0.0545. The summed E-state index contributed by atoms with van der Waals surface area (Å²) in [6.45, 7) is 0.0545. The van der Waals surface area contributed by atoms with E-state index in [4.69, 9.17) is 22.4 Å². The standard InChI is InChI=1S/C10H12ClN3O/c11-6-1-2-8-9(5-6)14-10(13-8)7(12)3-4-15/h1-2,5,7,15H,3-4,12H2,(H,13,14). The molecule has 80 valence electrons. The molecule has 0 amide bonds. The van der Waals surface area contributed by atoms with Crippen LogP contribution in [-0.4, -0.2) is 21.7 Å². The normalized spacial score (nSPS) is 13.3. The third-order valence-corrected chi connectivity index (χ3v) is 2.49. The van der Waals surface area contributed by atoms with Crippen LogP contribution in [-0.2, 0) is 0 Å². The molecule has 0 fully saturated rings. The average Bonchev–Trinajstić information content (AvgIpc) is 2.60. The number of nitrogens with zero attached hydrogens (tertiary/aromatic N) is 1. The van der Waals surface area contributed by atoms with E-state index < -0.39 is 0 Å². The van der Waals surface area contributed by atoms with Crippen molar-refractivity contribution < 1.29 is 5.11 Å². The minimum atomic E-state index is -0.263. The van der Waals surface area contributed by atoms with Gasteiger partial charge < -0.3 is 15.8 Å². The number of aliphatic hydroxyl groups is 1. The van der Waals surface area contributed by atoms with Gasteiger partial charge in [-0.2, -0.15) is 0 Å². The fourth-order valence-electron chi connectivity index (χ4n) is 1.45. The molecule has 1 heterocycles. The second-order valence-corrected chi connectivity index (χ2v) is 3.84. The number of hydrogen-bond acceptors (Lipinski definition) is 3. The average molecular weight is 226 g/mol. The lowest BCUT2D eigenvalue weighted by molar-refractivity contribution is 0.275. The van der Waals surface area contributed by atoms with Crippen LogP contribution < -0.4 is 5.73 Å². The zero-order chi connectivity index (χ0) is 10.8. The van der Waals surface area contributed by atoms with Crippen LogP contribution in [0.25, 0.3) is 11.0 Å². The Morgan fingerprint density at radius 2 is 2.33 bits per heavy atom. The first kappa shape index (κ1) is 10.4. The molecule has 0 aliphatic rings. The largest absolute Gasteiger partial charge is 0.396 e. The number of imidazole rings is 1. The first-order chi connectivity index (χ1) is 7.20. The number of rotatable bonds is 3. The summed E-state index contributed by atoms with van der Waals surface area (Å²) in [6, 6.07) is 5.16. The molecule has 1 unspecified atom stereocenters. The van der Waals surface area contributed by atoms with Gasteiger partial charge in [-0.25, -0.2) is 4.98 Å². The van der Waals surface area contributed by atoms with E-state index in [0.29, 0.717) is 17.3 Å². The van der Waals surface area contributed by atoms with E-state index >= 15 is 0 Å². The Kier molecular flexibility index (Phi) is 2.90. The predicted octanol–water partition coefficient (Wildman–Crippen LogP) is 1.60. The van der Waals surface area contributed by atoms with Gasteiger partial charge in [0.25, 0.3) is 0 Å². The van der Waals surface area contributed by atoms with Gasteiger partial charge in [-0.1, -0.05) is 11.6 Å². The number of aromatic amines is 1. The quantitative estimate of drug-likeness (QED) is 0.743. The van der Waals surface area contributed by atoms with E-state index in [1.165, 1.54) is 0 Å². The Bertz CT molecular complexity index is 469. The summed E-state index contributed by atoms with van der Waals surface area (Å²) in [7, 11) is 0. The van der Waals surface area contributed by atoms with Crippen molar-refractivity contribution in [2.75, 3.05) is 6.61 Å². The first-order valence-corrected chi connectivity index (χ1v) is 5.10. The highest BCUT2D eigenvalue weighted by molar-refractivity contribution is 6.31. The molecule has 2 rings (SSSR count). The van der Waals surface area contributed by atoms with E-state index in [0.717, 1.165) is 11.0 Å². The van der Waals surface area contributed by atoms with Crippen LogP contribution >= 0.6 is 11.6 Å². The lowest BCUT2D eigenvalue weighted by Gasteiger charge is -2.04. The smallest absolute Gasteiger partial charge is 0.124 e. The monoisotopic (exact) mass is 225 g/mol. The molecule has 0 saturated heterocycles. The molecule has 4 N–H and O–H groups in total. The first-order valence-electron chi connectivity index (χ1n) is 4.72. The number of aromatic nitrogens is 2. The van der Waals surface area contributed by atoms with E-state index in [2.05, 4.69) is 9.97 Å². The van der Waals surface area contributed by atoms with Crippen LogP contribution in [0.3, 0.4) is 0 Å². The van der Waals surface area contributed by atoms with Crippen molar-refractivity contribution in [3.8, 4) is 0 Å². The fraction of sp³-hybridized carbons (Fsp3) is 0.300. The van der Waals surface area contributed by atoms with Crippen LogP contribution in [0, 0.1) is 0 Å². The summed E-state index contributed by atoms with van der Waals surface area (Å²) in [4.78, 5) is 7.41. The Morgan fingerprint density at radius 1 is 1.53 bits per heavy atom. The molecule has 4 nitrogen and oxygen atoms in total. The summed E-state index contributed by atoms with van der Waals surface area (Å²) >= 11 is 5.85. The maximum absolute atomic E-state index is 8.77. The highest BCUT2D eigenvalue weighted by Crippen LogP contribution is 2.19. The summed E-state index contributed by atoms with van der Waals surface area (Å²) in [5.74, 6) is 0.682. The molecule has 0 aliphatic carbocycles. The molecule has 1 aromatic heterocycles. The Labute approximate surface area is 92.1 Å². The van der Waals surface area contributed by atoms with Crippen molar-refractivity contribution in [2.45, 2.75) is 12.5 Å². The van der Waals surface area contributed by atoms with Crippen LogP contribution in [0.4, 0.5) is 0 Å². The number of halogens is 1. The third kappa shape index (κ3) is 2.12. The molecule has 0 bridgehead atoms. The lowest BCUT2D eigenvalue weighted by atomic mass is 10.2. The number of H-pyrrole nitrogens is 1. The van der Waals surface area contributed by atoms with E-state index in [-0.39, 0.29) is 12.6 Å². The van der Waals surface area contributed by atoms with Gasteiger partial charge in [0, 0.05) is 11.6 Å². The number of nitrogens with one attached hydrogen (secondary N) is 1. The summed E-state index contributed by atoms with van der Waals surface area (Å²) in [5.41, 5.74) is 7.52. The predicted molar refractivity (Wildman–Crippen MR) is 59.7 cm³/mol. The number of benzene rings is 1. The van der Waals surface area contributed by atoms with Crippen LogP contribution in [0.15, 0.2) is 18.2 Å². The van der Waals surface area contributed by atoms with Crippen LogP contribution in [0.2, 0.25) is 5.02 Å². The van der Waals surface area contributed by atoms with Gasteiger partial charge in [-0.05, 0) is 24.6 Å². The summed E-state index contributed by atoms with van der Waals surface area (Å²) < 4.78 is 0. The Balaban J connectivity index is 2.38. The molecule has 0 saturated carbocycles. The van der Waals surface area contributed by atoms with Gasteiger partial charge in [0.15, 0.2) is 0 Å². The van der Waals surface area contributed by atoms with Gasteiger partial charge >= 0.3 is 0 Å². The molecular formula is C10H12ClN3O. The zero-order valence-corrected chi connectivity index (χ0v) is 8.83. The molecule has 1 aromatic carbocycles. The second kappa shape index (κ2) is 4.18. The summed E-state index contributed by atoms with van der Waals surface area (Å²) in [5, 5.41) is 9.43. The fourth-order valence-corrected chi connectivity index (χ4v) is 1.63. The summed E-state index contributed by atoms with van der Waals surface area (Å²) in [6.07, 6.45) is 0.494. The maximum atomic E-state index is 8.77. The number of aliphatic hydroxyl groups excluding tert-OH is 1. The van der Waals surface area contributed by atoms with E-state index in [9.17, 15) is 0 Å². The SMILES string of the molecule is NC(CCO)c1nc2ccc(Cl)cc2[nH]1. The zero-order valence-electron chi connectivity index (χ0n) is 8.07. The topological polar surface area (TPSA) is 74.9 Å². The van der Waals surface area contributed by atoms with Crippen molar-refractivity contribution in [1.29, 1.82) is 0 Å². The van der Waals surface area contributed by atoms with Crippen molar-refractivity contribution in [3.63, 3.8) is 0 Å². The van der Waals surface area contributed by atoms with Crippen molar-refractivity contribution >= 4 is 22.6 Å². The molecule has 5 heteroatoms. The van der Waals surface area contributed by atoms with Crippen LogP contribution in [0.1, 0.15) is 18.3 Å². The molecule has 1 atom stereocenters. The highest BCUT2D eigenvalue weighted by Gasteiger charge is 2.10. The maximum Gasteiger partial charge on any atom is 0.124 e. The van der Waals surface area contributed by atoms with Crippen LogP contribution in [0.5, 0.6) is 0 Å². The number of nitrogens with two attached hydrogens (primary N) is 1. The Morgan fingerprint density at radius 3 is 3.07 bits per heavy atom. The lowest BCUT2D eigenvalue weighted by Crippen LogP contribution is -2.13. The molecule has 15 heavy (non-hydrogen) atoms. The number of hydrogen-bond donors (Lipinski definition) is 3. The van der Waals surface area contributed by atoms with Gasteiger partial charge in [-0.15, -0.1) is 0 Å².